The SMILES string of the molecule is CCC(C)(CN)CN(CC(F)(F)F)C(C)C. The van der Waals surface area contributed by atoms with Crippen molar-refractivity contribution in [2.75, 3.05) is 19.6 Å². The molecule has 0 bridgehead atoms. The molecule has 0 radical (unpaired) electrons. The Morgan fingerprint density at radius 2 is 1.69 bits per heavy atom. The summed E-state index contributed by atoms with van der Waals surface area (Å²) in [6, 6.07) is -0.126. The van der Waals surface area contributed by atoms with Gasteiger partial charge in [0.15, 0.2) is 0 Å². The van der Waals surface area contributed by atoms with Crippen LogP contribution in [0.4, 0.5) is 13.2 Å². The van der Waals surface area contributed by atoms with Gasteiger partial charge in [0.05, 0.1) is 6.54 Å². The Morgan fingerprint density at radius 3 is 1.94 bits per heavy atom. The molecule has 0 aliphatic carbocycles. The molecule has 0 saturated heterocycles. The number of nitrogens with zero attached hydrogens (tertiary/aromatic N) is 1. The largest absolute Gasteiger partial charge is 0.401 e. The van der Waals surface area contributed by atoms with Crippen molar-refractivity contribution in [2.45, 2.75) is 46.3 Å². The van der Waals surface area contributed by atoms with Crippen molar-refractivity contribution in [2.24, 2.45) is 11.1 Å². The fourth-order valence-electron chi connectivity index (χ4n) is 1.46. The molecule has 0 aromatic carbocycles. The van der Waals surface area contributed by atoms with Crippen LogP contribution in [0.15, 0.2) is 0 Å². The molecule has 98 valence electrons. The Kier molecular flexibility index (Phi) is 5.76. The number of hydrogen-bond donors (Lipinski definition) is 1. The molecule has 16 heavy (non-hydrogen) atoms. The van der Waals surface area contributed by atoms with Crippen LogP contribution in [-0.4, -0.2) is 36.8 Å². The van der Waals surface area contributed by atoms with Crippen LogP contribution >= 0.6 is 0 Å². The predicted octanol–water partition coefficient (Wildman–Crippen LogP) is 2.63. The molecule has 2 N–H and O–H groups in total. The summed E-state index contributed by atoms with van der Waals surface area (Å²) in [7, 11) is 0. The predicted molar refractivity (Wildman–Crippen MR) is 60.2 cm³/mol. The van der Waals surface area contributed by atoms with Crippen molar-refractivity contribution in [3.05, 3.63) is 0 Å². The van der Waals surface area contributed by atoms with Gasteiger partial charge in [-0.05, 0) is 32.2 Å². The highest BCUT2D eigenvalue weighted by Gasteiger charge is 2.34. The number of hydrogen-bond acceptors (Lipinski definition) is 2. The zero-order valence-electron chi connectivity index (χ0n) is 10.6. The van der Waals surface area contributed by atoms with E-state index in [0.29, 0.717) is 13.1 Å². The lowest BCUT2D eigenvalue weighted by Crippen LogP contribution is -2.47. The minimum absolute atomic E-state index is 0.126. The number of halogens is 3. The minimum Gasteiger partial charge on any atom is -0.330 e. The first-order valence-electron chi connectivity index (χ1n) is 5.64. The zero-order chi connectivity index (χ0) is 13.0. The van der Waals surface area contributed by atoms with Gasteiger partial charge in [0.25, 0.3) is 0 Å². The van der Waals surface area contributed by atoms with E-state index >= 15 is 0 Å². The van der Waals surface area contributed by atoms with Gasteiger partial charge in [-0.15, -0.1) is 0 Å². The molecule has 0 rings (SSSR count). The normalized spacial score (nSPS) is 16.9. The van der Waals surface area contributed by atoms with E-state index in [2.05, 4.69) is 0 Å². The maximum atomic E-state index is 12.4. The van der Waals surface area contributed by atoms with Gasteiger partial charge in [0.1, 0.15) is 0 Å². The van der Waals surface area contributed by atoms with Crippen molar-refractivity contribution in [1.82, 2.24) is 4.90 Å². The third kappa shape index (κ3) is 5.70. The Morgan fingerprint density at radius 1 is 1.19 bits per heavy atom. The van der Waals surface area contributed by atoms with Gasteiger partial charge in [-0.2, -0.15) is 13.2 Å². The second kappa shape index (κ2) is 5.87. The van der Waals surface area contributed by atoms with Gasteiger partial charge >= 0.3 is 6.18 Å². The standard InChI is InChI=1S/C11H23F3N2/c1-5-10(4,6-15)7-16(9(2)3)8-11(12,13)14/h9H,5-8,15H2,1-4H3. The molecular formula is C11H23F3N2. The van der Waals surface area contributed by atoms with Gasteiger partial charge in [-0.25, -0.2) is 0 Å². The van der Waals surface area contributed by atoms with E-state index in [1.54, 1.807) is 13.8 Å². The highest BCUT2D eigenvalue weighted by atomic mass is 19.4. The molecule has 0 heterocycles. The monoisotopic (exact) mass is 240 g/mol. The lowest BCUT2D eigenvalue weighted by molar-refractivity contribution is -0.152. The minimum atomic E-state index is -4.15. The van der Waals surface area contributed by atoms with Crippen LogP contribution in [0.1, 0.15) is 34.1 Å². The van der Waals surface area contributed by atoms with Gasteiger partial charge in [-0.1, -0.05) is 13.8 Å². The Hall–Kier alpha value is -0.290. The van der Waals surface area contributed by atoms with E-state index in [1.807, 2.05) is 13.8 Å². The van der Waals surface area contributed by atoms with Crippen LogP contribution in [0.2, 0.25) is 0 Å². The third-order valence-corrected chi connectivity index (χ3v) is 3.04. The second-order valence-electron chi connectivity index (χ2n) is 4.98. The topological polar surface area (TPSA) is 29.3 Å². The molecule has 0 aromatic heterocycles. The van der Waals surface area contributed by atoms with E-state index in [0.717, 1.165) is 6.42 Å². The molecule has 0 amide bonds. The second-order valence-corrected chi connectivity index (χ2v) is 4.98. The molecular weight excluding hydrogens is 217 g/mol. The molecule has 0 saturated carbocycles. The maximum Gasteiger partial charge on any atom is 0.401 e. The van der Waals surface area contributed by atoms with Crippen molar-refractivity contribution >= 4 is 0 Å². The summed E-state index contributed by atoms with van der Waals surface area (Å²) in [6.45, 7) is 7.37. The zero-order valence-corrected chi connectivity index (χ0v) is 10.6. The molecule has 0 aromatic rings. The molecule has 1 unspecified atom stereocenters. The van der Waals surface area contributed by atoms with Crippen molar-refractivity contribution in [1.29, 1.82) is 0 Å². The smallest absolute Gasteiger partial charge is 0.330 e. The van der Waals surface area contributed by atoms with Gasteiger partial charge in [0, 0.05) is 12.6 Å². The van der Waals surface area contributed by atoms with Gasteiger partial charge < -0.3 is 5.73 Å². The van der Waals surface area contributed by atoms with Crippen LogP contribution in [0.3, 0.4) is 0 Å². The van der Waals surface area contributed by atoms with E-state index < -0.39 is 12.7 Å². The van der Waals surface area contributed by atoms with Crippen molar-refractivity contribution in [3.63, 3.8) is 0 Å². The van der Waals surface area contributed by atoms with E-state index in [4.69, 9.17) is 5.73 Å². The quantitative estimate of drug-likeness (QED) is 0.773. The van der Waals surface area contributed by atoms with Crippen LogP contribution < -0.4 is 5.73 Å². The third-order valence-electron chi connectivity index (χ3n) is 3.04. The lowest BCUT2D eigenvalue weighted by Gasteiger charge is -2.36. The number of rotatable bonds is 6. The highest BCUT2D eigenvalue weighted by Crippen LogP contribution is 2.25. The summed E-state index contributed by atoms with van der Waals surface area (Å²) >= 11 is 0. The molecule has 0 spiro atoms. The first-order chi connectivity index (χ1) is 7.13. The Bertz CT molecular complexity index is 198. The highest BCUT2D eigenvalue weighted by molar-refractivity contribution is 4.80. The summed E-state index contributed by atoms with van der Waals surface area (Å²) in [5.74, 6) is 0. The first-order valence-corrected chi connectivity index (χ1v) is 5.64. The van der Waals surface area contributed by atoms with Crippen molar-refractivity contribution in [3.8, 4) is 0 Å². The summed E-state index contributed by atoms with van der Waals surface area (Å²) in [5.41, 5.74) is 5.38. The van der Waals surface area contributed by atoms with Crippen LogP contribution in [0.5, 0.6) is 0 Å². The van der Waals surface area contributed by atoms with Crippen LogP contribution in [0, 0.1) is 5.41 Å². The van der Waals surface area contributed by atoms with E-state index in [9.17, 15) is 13.2 Å². The van der Waals surface area contributed by atoms with E-state index in [1.165, 1.54) is 4.90 Å². The summed E-state index contributed by atoms with van der Waals surface area (Å²) in [5, 5.41) is 0. The Balaban J connectivity index is 4.57. The lowest BCUT2D eigenvalue weighted by atomic mass is 9.86. The van der Waals surface area contributed by atoms with E-state index in [-0.39, 0.29) is 11.5 Å². The maximum absolute atomic E-state index is 12.4. The summed E-state index contributed by atoms with van der Waals surface area (Å²) < 4.78 is 37.1. The van der Waals surface area contributed by atoms with Crippen LogP contribution in [-0.2, 0) is 0 Å². The molecule has 0 aliphatic rings. The molecule has 0 fully saturated rings. The van der Waals surface area contributed by atoms with Crippen LogP contribution in [0.25, 0.3) is 0 Å². The average molecular weight is 240 g/mol. The van der Waals surface area contributed by atoms with Gasteiger partial charge in [0.2, 0.25) is 0 Å². The number of alkyl halides is 3. The first kappa shape index (κ1) is 15.7. The van der Waals surface area contributed by atoms with Crippen molar-refractivity contribution < 1.29 is 13.2 Å². The molecule has 5 heteroatoms. The molecule has 1 atom stereocenters. The summed E-state index contributed by atoms with van der Waals surface area (Å²) in [6.07, 6.45) is -3.36. The summed E-state index contributed by atoms with van der Waals surface area (Å²) in [4.78, 5) is 1.44. The Labute approximate surface area is 96.0 Å². The molecule has 2 nitrogen and oxygen atoms in total. The average Bonchev–Trinajstić information content (AvgIpc) is 2.14. The number of nitrogens with two attached hydrogens (primary N) is 1. The molecule has 0 aliphatic heterocycles. The fourth-order valence-corrected chi connectivity index (χ4v) is 1.46. The van der Waals surface area contributed by atoms with Gasteiger partial charge in [-0.3, -0.25) is 4.90 Å². The fraction of sp³-hybridized carbons (Fsp3) is 1.00.